The lowest BCUT2D eigenvalue weighted by Crippen LogP contribution is -2.01. The van der Waals surface area contributed by atoms with Crippen LogP contribution in [0.15, 0.2) is 64.2 Å². The molecule has 0 fully saturated rings. The highest BCUT2D eigenvalue weighted by Crippen LogP contribution is 2.43. The van der Waals surface area contributed by atoms with Crippen molar-refractivity contribution in [3.05, 3.63) is 81.4 Å². The van der Waals surface area contributed by atoms with E-state index in [1.165, 1.54) is 44.5 Å². The molecule has 29 heavy (non-hydrogen) atoms. The monoisotopic (exact) mass is 385 g/mol. The van der Waals surface area contributed by atoms with Gasteiger partial charge in [-0.15, -0.1) is 0 Å². The molecule has 0 heterocycles. The molecule has 1 atom stereocenters. The minimum Gasteiger partial charge on any atom is -0.256 e. The molecule has 1 nitrogen and oxygen atoms in total. The molecule has 2 aromatic rings. The van der Waals surface area contributed by atoms with Gasteiger partial charge in [0.15, 0.2) is 0 Å². The van der Waals surface area contributed by atoms with Gasteiger partial charge < -0.3 is 0 Å². The van der Waals surface area contributed by atoms with E-state index in [9.17, 15) is 0 Å². The summed E-state index contributed by atoms with van der Waals surface area (Å²) in [6, 6.07) is 15.3. The average Bonchev–Trinajstić information content (AvgIpc) is 2.89. The van der Waals surface area contributed by atoms with Crippen molar-refractivity contribution in [3.63, 3.8) is 0 Å². The minimum absolute atomic E-state index is 0.449. The Morgan fingerprint density at radius 3 is 1.90 bits per heavy atom. The SMILES string of the molecule is CC1=C(C)C(C)C(c2ccccc2C=Nc2c(C(C)C)cccc2C(C)C)=C1C. The maximum atomic E-state index is 5.08. The Bertz CT molecular complexity index is 972. The van der Waals surface area contributed by atoms with Crippen LogP contribution in [0.1, 0.15) is 89.5 Å². The average molecular weight is 386 g/mol. The van der Waals surface area contributed by atoms with Gasteiger partial charge in [0.1, 0.15) is 0 Å². The Morgan fingerprint density at radius 1 is 0.793 bits per heavy atom. The van der Waals surface area contributed by atoms with Crippen molar-refractivity contribution in [1.82, 2.24) is 0 Å². The zero-order valence-corrected chi connectivity index (χ0v) is 19.3. The summed E-state index contributed by atoms with van der Waals surface area (Å²) in [4.78, 5) is 5.08. The molecule has 3 rings (SSSR count). The second kappa shape index (κ2) is 8.53. The molecule has 0 N–H and O–H groups in total. The van der Waals surface area contributed by atoms with Crippen LogP contribution in [0.3, 0.4) is 0 Å². The van der Waals surface area contributed by atoms with E-state index in [0.717, 1.165) is 5.69 Å². The summed E-state index contributed by atoms with van der Waals surface area (Å²) in [7, 11) is 0. The zero-order chi connectivity index (χ0) is 21.3. The molecular weight excluding hydrogens is 350 g/mol. The molecule has 152 valence electrons. The lowest BCUT2D eigenvalue weighted by atomic mass is 9.89. The van der Waals surface area contributed by atoms with Crippen molar-refractivity contribution in [2.24, 2.45) is 10.9 Å². The molecular formula is C28H35N. The van der Waals surface area contributed by atoms with Crippen LogP contribution >= 0.6 is 0 Å². The number of allylic oxidation sites excluding steroid dienone is 4. The van der Waals surface area contributed by atoms with Gasteiger partial charge in [-0.1, -0.05) is 82.7 Å². The van der Waals surface area contributed by atoms with Gasteiger partial charge in [-0.05, 0) is 66.0 Å². The molecule has 0 aliphatic heterocycles. The number of rotatable bonds is 5. The Hall–Kier alpha value is -2.41. The summed E-state index contributed by atoms with van der Waals surface area (Å²) in [5, 5.41) is 0. The molecule has 0 saturated carbocycles. The highest BCUT2D eigenvalue weighted by molar-refractivity contribution is 5.93. The molecule has 1 aliphatic carbocycles. The second-order valence-electron chi connectivity index (χ2n) is 9.01. The van der Waals surface area contributed by atoms with Crippen molar-refractivity contribution in [1.29, 1.82) is 0 Å². The van der Waals surface area contributed by atoms with Gasteiger partial charge in [0.2, 0.25) is 0 Å². The zero-order valence-electron chi connectivity index (χ0n) is 19.3. The Kier molecular flexibility index (Phi) is 6.27. The van der Waals surface area contributed by atoms with E-state index >= 15 is 0 Å². The first-order valence-electron chi connectivity index (χ1n) is 10.9. The maximum absolute atomic E-state index is 5.08. The van der Waals surface area contributed by atoms with Crippen LogP contribution < -0.4 is 0 Å². The normalized spacial score (nSPS) is 17.5. The van der Waals surface area contributed by atoms with Crippen LogP contribution in [-0.2, 0) is 0 Å². The summed E-state index contributed by atoms with van der Waals surface area (Å²) >= 11 is 0. The van der Waals surface area contributed by atoms with Gasteiger partial charge in [0, 0.05) is 17.7 Å². The fraction of sp³-hybridized carbons (Fsp3) is 0.393. The lowest BCUT2D eigenvalue weighted by Gasteiger charge is -2.17. The second-order valence-corrected chi connectivity index (χ2v) is 9.01. The number of aliphatic imine (C=N–C) groups is 1. The summed E-state index contributed by atoms with van der Waals surface area (Å²) in [6.07, 6.45) is 2.08. The minimum atomic E-state index is 0.449. The molecule has 1 aliphatic rings. The first-order valence-corrected chi connectivity index (χ1v) is 10.9. The first-order chi connectivity index (χ1) is 13.7. The predicted molar refractivity (Wildman–Crippen MR) is 128 cm³/mol. The topological polar surface area (TPSA) is 12.4 Å². The number of nitrogens with zero attached hydrogens (tertiary/aromatic N) is 1. The van der Waals surface area contributed by atoms with Crippen LogP contribution in [0.5, 0.6) is 0 Å². The third kappa shape index (κ3) is 4.01. The van der Waals surface area contributed by atoms with E-state index in [-0.39, 0.29) is 0 Å². The van der Waals surface area contributed by atoms with Crippen molar-refractivity contribution < 1.29 is 0 Å². The number of hydrogen-bond donors (Lipinski definition) is 0. The molecule has 0 spiro atoms. The fourth-order valence-electron chi connectivity index (χ4n) is 4.45. The summed E-state index contributed by atoms with van der Waals surface area (Å²) in [6.45, 7) is 18.1. The van der Waals surface area contributed by atoms with Crippen LogP contribution in [0.2, 0.25) is 0 Å². The number of benzene rings is 2. The molecule has 1 unspecified atom stereocenters. The van der Waals surface area contributed by atoms with Crippen LogP contribution in [0.4, 0.5) is 5.69 Å². The quantitative estimate of drug-likeness (QED) is 0.458. The molecule has 0 radical (unpaired) electrons. The highest BCUT2D eigenvalue weighted by Gasteiger charge is 2.25. The number of para-hydroxylation sites is 1. The third-order valence-corrected chi connectivity index (χ3v) is 6.57. The Labute approximate surface area is 177 Å². The Morgan fingerprint density at radius 2 is 1.38 bits per heavy atom. The van der Waals surface area contributed by atoms with E-state index in [1.807, 2.05) is 0 Å². The van der Waals surface area contributed by atoms with Crippen molar-refractivity contribution in [2.75, 3.05) is 0 Å². The van der Waals surface area contributed by atoms with Gasteiger partial charge >= 0.3 is 0 Å². The molecule has 2 aromatic carbocycles. The van der Waals surface area contributed by atoms with Crippen molar-refractivity contribution in [2.45, 2.75) is 67.2 Å². The van der Waals surface area contributed by atoms with Crippen molar-refractivity contribution >= 4 is 17.5 Å². The highest BCUT2D eigenvalue weighted by atomic mass is 14.7. The molecule has 1 heteroatoms. The number of hydrogen-bond acceptors (Lipinski definition) is 1. The van der Waals surface area contributed by atoms with Gasteiger partial charge in [-0.25, -0.2) is 0 Å². The predicted octanol–water partition coefficient (Wildman–Crippen LogP) is 8.44. The maximum Gasteiger partial charge on any atom is 0.0699 e. The first kappa shape index (κ1) is 21.3. The van der Waals surface area contributed by atoms with Gasteiger partial charge in [0.25, 0.3) is 0 Å². The summed E-state index contributed by atoms with van der Waals surface area (Å²) in [5.41, 5.74) is 12.1. The van der Waals surface area contributed by atoms with E-state index in [2.05, 4.69) is 104 Å². The Balaban J connectivity index is 2.10. The van der Waals surface area contributed by atoms with Gasteiger partial charge in [-0.2, -0.15) is 0 Å². The lowest BCUT2D eigenvalue weighted by molar-refractivity contribution is 0.835. The van der Waals surface area contributed by atoms with E-state index in [1.54, 1.807) is 0 Å². The molecule has 0 bridgehead atoms. The largest absolute Gasteiger partial charge is 0.256 e. The van der Waals surface area contributed by atoms with Crippen LogP contribution in [0, 0.1) is 5.92 Å². The van der Waals surface area contributed by atoms with Crippen LogP contribution in [0.25, 0.3) is 5.57 Å². The van der Waals surface area contributed by atoms with E-state index in [0.29, 0.717) is 17.8 Å². The molecule has 0 amide bonds. The smallest absolute Gasteiger partial charge is 0.0699 e. The van der Waals surface area contributed by atoms with Gasteiger partial charge in [-0.3, -0.25) is 4.99 Å². The van der Waals surface area contributed by atoms with Crippen LogP contribution in [-0.4, -0.2) is 6.21 Å². The summed E-state index contributed by atoms with van der Waals surface area (Å²) in [5.74, 6) is 1.36. The van der Waals surface area contributed by atoms with E-state index < -0.39 is 0 Å². The fourth-order valence-corrected chi connectivity index (χ4v) is 4.45. The van der Waals surface area contributed by atoms with Gasteiger partial charge in [0.05, 0.1) is 5.69 Å². The van der Waals surface area contributed by atoms with Crippen molar-refractivity contribution in [3.8, 4) is 0 Å². The molecule has 0 aromatic heterocycles. The summed E-state index contributed by atoms with van der Waals surface area (Å²) < 4.78 is 0. The standard InChI is InChI=1S/C28H35N/c1-17(2)24-14-11-15-25(18(3)4)28(24)29-16-23-12-9-10-13-26(23)27-21(7)19(5)20(6)22(27)8/h9-18,21H,1-8H3. The van der Waals surface area contributed by atoms with E-state index in [4.69, 9.17) is 4.99 Å². The molecule has 0 saturated heterocycles. The third-order valence-electron chi connectivity index (χ3n) is 6.57.